The number of fused-ring (bicyclic) bond motifs is 1. The van der Waals surface area contributed by atoms with E-state index < -0.39 is 34.0 Å². The van der Waals surface area contributed by atoms with Crippen LogP contribution in [-0.4, -0.2) is 57.2 Å². The van der Waals surface area contributed by atoms with E-state index >= 15 is 0 Å². The highest BCUT2D eigenvalue weighted by atomic mass is 32.2. The number of halogens is 2. The highest BCUT2D eigenvalue weighted by molar-refractivity contribution is 7.84. The first-order valence-corrected chi connectivity index (χ1v) is 11.8. The molecule has 3 aromatic rings. The Morgan fingerprint density at radius 3 is 2.79 bits per heavy atom. The van der Waals surface area contributed by atoms with Gasteiger partial charge in [0, 0.05) is 17.9 Å². The Morgan fingerprint density at radius 1 is 1.21 bits per heavy atom. The molecule has 0 saturated heterocycles. The first-order valence-electron chi connectivity index (χ1n) is 10.3. The summed E-state index contributed by atoms with van der Waals surface area (Å²) in [6.07, 6.45) is 2.03. The van der Waals surface area contributed by atoms with Crippen LogP contribution >= 0.6 is 0 Å². The summed E-state index contributed by atoms with van der Waals surface area (Å²) >= 11 is 0. The summed E-state index contributed by atoms with van der Waals surface area (Å²) in [5.41, 5.74) is 1.60. The molecule has 14 heteroatoms. The van der Waals surface area contributed by atoms with Crippen LogP contribution in [0.2, 0.25) is 0 Å². The zero-order valence-electron chi connectivity index (χ0n) is 17.2. The van der Waals surface area contributed by atoms with Gasteiger partial charge in [-0.1, -0.05) is 11.3 Å². The molecule has 2 saturated carbocycles. The molecule has 2 aromatic heterocycles. The first kappa shape index (κ1) is 22.0. The molecule has 2 aliphatic carbocycles. The molecular formula is C19H21F2N7O4S. The number of aliphatic hydroxyl groups excluding tert-OH is 1. The number of anilines is 1. The van der Waals surface area contributed by atoms with Gasteiger partial charge in [0.1, 0.15) is 6.33 Å². The fraction of sp³-hybridized carbons (Fsp3) is 0.474. The highest BCUT2D eigenvalue weighted by Gasteiger charge is 2.40. The van der Waals surface area contributed by atoms with Crippen molar-refractivity contribution in [3.8, 4) is 0 Å². The third kappa shape index (κ3) is 4.51. The molecule has 33 heavy (non-hydrogen) atoms. The summed E-state index contributed by atoms with van der Waals surface area (Å²) in [6.45, 7) is -0.224. The third-order valence-corrected chi connectivity index (χ3v) is 6.63. The lowest BCUT2D eigenvalue weighted by Gasteiger charge is -2.12. The Bertz CT molecular complexity index is 1300. The highest BCUT2D eigenvalue weighted by Crippen LogP contribution is 2.43. The van der Waals surface area contributed by atoms with E-state index in [1.54, 1.807) is 10.7 Å². The van der Waals surface area contributed by atoms with Crippen molar-refractivity contribution in [1.82, 2.24) is 25.0 Å². The van der Waals surface area contributed by atoms with Gasteiger partial charge in [0.15, 0.2) is 28.6 Å². The third-order valence-electron chi connectivity index (χ3n) is 6.17. The maximum Gasteiger partial charge on any atom is 0.333 e. The molecule has 176 valence electrons. The van der Waals surface area contributed by atoms with Gasteiger partial charge in [0.25, 0.3) is 0 Å². The van der Waals surface area contributed by atoms with Crippen molar-refractivity contribution in [2.24, 2.45) is 11.1 Å². The zero-order chi connectivity index (χ0) is 23.3. The van der Waals surface area contributed by atoms with Gasteiger partial charge in [0.05, 0.1) is 18.8 Å². The van der Waals surface area contributed by atoms with Crippen LogP contribution < -0.4 is 10.5 Å². The minimum absolute atomic E-state index is 0.0183. The smallest absolute Gasteiger partial charge is 0.333 e. The van der Waals surface area contributed by atoms with E-state index in [9.17, 15) is 22.3 Å². The lowest BCUT2D eigenvalue weighted by molar-refractivity contribution is 0.100. The molecule has 2 aliphatic rings. The molecule has 0 aliphatic heterocycles. The molecule has 5 rings (SSSR count). The van der Waals surface area contributed by atoms with Crippen molar-refractivity contribution >= 4 is 27.3 Å². The number of hydrogen-bond acceptors (Lipinski definition) is 9. The maximum absolute atomic E-state index is 13.5. The topological polar surface area (TPSA) is 158 Å². The lowest BCUT2D eigenvalue weighted by atomic mass is 10.1. The second kappa shape index (κ2) is 8.20. The number of hydrogen-bond donors (Lipinski definition) is 3. The molecular weight excluding hydrogens is 460 g/mol. The van der Waals surface area contributed by atoms with Crippen LogP contribution in [0.15, 0.2) is 24.5 Å². The predicted octanol–water partition coefficient (Wildman–Crippen LogP) is 1.000. The van der Waals surface area contributed by atoms with Crippen LogP contribution in [-0.2, 0) is 14.5 Å². The Hall–Kier alpha value is -2.81. The Kier molecular flexibility index (Phi) is 5.47. The van der Waals surface area contributed by atoms with Gasteiger partial charge in [-0.2, -0.15) is 8.42 Å². The number of aliphatic hydroxyl groups is 1. The number of nitrogens with zero attached hydrogens (tertiary/aromatic N) is 5. The average molecular weight is 481 g/mol. The van der Waals surface area contributed by atoms with Gasteiger partial charge in [-0.15, -0.1) is 5.10 Å². The number of nitrogens with one attached hydrogen (secondary N) is 1. The molecule has 0 spiro atoms. The van der Waals surface area contributed by atoms with Gasteiger partial charge in [-0.25, -0.2) is 28.6 Å². The van der Waals surface area contributed by atoms with Crippen LogP contribution in [0.3, 0.4) is 0 Å². The predicted molar refractivity (Wildman–Crippen MR) is 111 cm³/mol. The maximum atomic E-state index is 13.5. The molecule has 0 radical (unpaired) electrons. The van der Waals surface area contributed by atoms with Crippen molar-refractivity contribution in [1.29, 1.82) is 0 Å². The summed E-state index contributed by atoms with van der Waals surface area (Å²) in [7, 11) is -4.10. The Morgan fingerprint density at radius 2 is 2.03 bits per heavy atom. The normalized spacial score (nSPS) is 27.2. The van der Waals surface area contributed by atoms with E-state index in [1.807, 2.05) is 0 Å². The SMILES string of the molecule is NS(=O)(=O)OC[C@@H]1C[C@@H](n2nnc3c(N[C@@H]4C[C@H]4c4ccc(F)c(F)c4)ncnc32)CC1O. The van der Waals surface area contributed by atoms with Crippen LogP contribution in [0, 0.1) is 17.6 Å². The fourth-order valence-electron chi connectivity index (χ4n) is 4.39. The molecule has 0 amide bonds. The van der Waals surface area contributed by atoms with Gasteiger partial charge < -0.3 is 10.4 Å². The molecule has 2 fully saturated rings. The van der Waals surface area contributed by atoms with Crippen LogP contribution in [0.4, 0.5) is 14.6 Å². The van der Waals surface area contributed by atoms with Gasteiger partial charge in [-0.3, -0.25) is 4.18 Å². The quantitative estimate of drug-likeness (QED) is 0.447. The van der Waals surface area contributed by atoms with E-state index in [0.29, 0.717) is 35.4 Å². The van der Waals surface area contributed by atoms with Crippen molar-refractivity contribution in [3.63, 3.8) is 0 Å². The minimum atomic E-state index is -4.10. The summed E-state index contributed by atoms with van der Waals surface area (Å²) in [4.78, 5) is 8.53. The summed E-state index contributed by atoms with van der Waals surface area (Å²) < 4.78 is 55.0. The minimum Gasteiger partial charge on any atom is -0.393 e. The number of rotatable bonds is 7. The van der Waals surface area contributed by atoms with E-state index in [-0.39, 0.29) is 24.6 Å². The van der Waals surface area contributed by atoms with Crippen molar-refractivity contribution in [2.75, 3.05) is 11.9 Å². The van der Waals surface area contributed by atoms with Crippen LogP contribution in [0.5, 0.6) is 0 Å². The van der Waals surface area contributed by atoms with Crippen molar-refractivity contribution in [2.45, 2.75) is 43.4 Å². The van der Waals surface area contributed by atoms with Gasteiger partial charge in [0.2, 0.25) is 0 Å². The molecule has 0 bridgehead atoms. The van der Waals surface area contributed by atoms with E-state index in [0.717, 1.165) is 12.5 Å². The molecule has 1 aromatic carbocycles. The second-order valence-corrected chi connectivity index (χ2v) is 9.65. The van der Waals surface area contributed by atoms with Crippen LogP contribution in [0.1, 0.15) is 36.8 Å². The van der Waals surface area contributed by atoms with E-state index in [2.05, 4.69) is 29.8 Å². The van der Waals surface area contributed by atoms with E-state index in [4.69, 9.17) is 5.14 Å². The van der Waals surface area contributed by atoms with Crippen LogP contribution in [0.25, 0.3) is 11.2 Å². The molecule has 1 unspecified atom stereocenters. The number of benzene rings is 1. The summed E-state index contributed by atoms with van der Waals surface area (Å²) in [5, 5.41) is 26.8. The van der Waals surface area contributed by atoms with Crippen molar-refractivity contribution in [3.05, 3.63) is 41.7 Å². The largest absolute Gasteiger partial charge is 0.393 e. The van der Waals surface area contributed by atoms with Gasteiger partial charge >= 0.3 is 10.3 Å². The standard InChI is InChI=1S/C19H21F2N7O4S/c20-13-2-1-9(4-14(13)21)12-6-15(12)25-18-17-19(24-8-23-18)28(27-26-17)11-3-10(16(29)5-11)7-32-33(22,30)31/h1-2,4,8,10-12,15-16,29H,3,5-7H2,(H2,22,30,31)(H,23,24,25)/t10-,11+,12-,15+,16?/m0/s1. The zero-order valence-corrected chi connectivity index (χ0v) is 18.0. The number of aromatic nitrogens is 5. The van der Waals surface area contributed by atoms with Crippen molar-refractivity contribution < 1.29 is 26.5 Å². The Balaban J connectivity index is 1.30. The summed E-state index contributed by atoms with van der Waals surface area (Å²) in [6, 6.07) is 3.60. The molecule has 5 atom stereocenters. The molecule has 4 N–H and O–H groups in total. The van der Waals surface area contributed by atoms with E-state index in [1.165, 1.54) is 12.4 Å². The lowest BCUT2D eigenvalue weighted by Crippen LogP contribution is -2.24. The average Bonchev–Trinajstić information content (AvgIpc) is 3.21. The fourth-order valence-corrected chi connectivity index (χ4v) is 4.76. The molecule has 2 heterocycles. The summed E-state index contributed by atoms with van der Waals surface area (Å²) in [5.74, 6) is -1.71. The molecule has 11 nitrogen and oxygen atoms in total. The second-order valence-electron chi connectivity index (χ2n) is 8.43. The van der Waals surface area contributed by atoms with Gasteiger partial charge in [-0.05, 0) is 37.0 Å². The Labute approximate surface area is 187 Å². The monoisotopic (exact) mass is 481 g/mol. The number of nitrogens with two attached hydrogens (primary N) is 1. The first-order chi connectivity index (χ1) is 15.7.